The van der Waals surface area contributed by atoms with E-state index in [1.807, 2.05) is 12.4 Å². The van der Waals surface area contributed by atoms with Crippen molar-refractivity contribution in [2.75, 3.05) is 6.61 Å². The molecule has 1 saturated heterocycles. The number of rotatable bonds is 3. The van der Waals surface area contributed by atoms with E-state index >= 15 is 0 Å². The molecule has 17 heavy (non-hydrogen) atoms. The number of aromatic nitrogens is 4. The Morgan fingerprint density at radius 1 is 1.12 bits per heavy atom. The lowest BCUT2D eigenvalue weighted by molar-refractivity contribution is 0.00373. The average molecular weight is 232 g/mol. The second-order valence-corrected chi connectivity index (χ2v) is 4.33. The number of H-pyrrole nitrogens is 2. The van der Waals surface area contributed by atoms with Gasteiger partial charge >= 0.3 is 0 Å². The Bertz CT molecular complexity index is 397. The van der Waals surface area contributed by atoms with Crippen LogP contribution >= 0.6 is 0 Å². The number of imidazole rings is 2. The Morgan fingerprint density at radius 2 is 1.82 bits per heavy atom. The minimum absolute atomic E-state index is 0.0836. The van der Waals surface area contributed by atoms with Gasteiger partial charge in [-0.1, -0.05) is 0 Å². The lowest BCUT2D eigenvalue weighted by Gasteiger charge is -2.28. The Morgan fingerprint density at radius 3 is 2.29 bits per heavy atom. The molecular weight excluding hydrogens is 216 g/mol. The monoisotopic (exact) mass is 232 g/mol. The van der Waals surface area contributed by atoms with Crippen molar-refractivity contribution >= 4 is 0 Å². The zero-order valence-electron chi connectivity index (χ0n) is 9.60. The van der Waals surface area contributed by atoms with Crippen LogP contribution in [0.5, 0.6) is 0 Å². The van der Waals surface area contributed by atoms with E-state index in [2.05, 4.69) is 19.9 Å². The highest BCUT2D eigenvalue weighted by Gasteiger charge is 2.31. The lowest BCUT2D eigenvalue weighted by atomic mass is 9.94. The lowest BCUT2D eigenvalue weighted by Crippen LogP contribution is -2.28. The summed E-state index contributed by atoms with van der Waals surface area (Å²) in [6.45, 7) is 0.836. The van der Waals surface area contributed by atoms with E-state index in [-0.39, 0.29) is 12.0 Å². The summed E-state index contributed by atoms with van der Waals surface area (Å²) in [5, 5.41) is 0. The molecule has 0 amide bonds. The second-order valence-electron chi connectivity index (χ2n) is 4.33. The van der Waals surface area contributed by atoms with Gasteiger partial charge in [0.1, 0.15) is 17.6 Å². The van der Waals surface area contributed by atoms with Gasteiger partial charge in [-0.25, -0.2) is 9.97 Å². The van der Waals surface area contributed by atoms with Crippen LogP contribution in [0.1, 0.15) is 36.8 Å². The average Bonchev–Trinajstić information content (AvgIpc) is 3.04. The van der Waals surface area contributed by atoms with E-state index in [4.69, 9.17) is 4.74 Å². The number of nitrogens with one attached hydrogen (secondary N) is 2. The van der Waals surface area contributed by atoms with Crippen LogP contribution < -0.4 is 0 Å². The molecule has 0 spiro atoms. The fraction of sp³-hybridized carbons (Fsp3) is 0.500. The third-order valence-corrected chi connectivity index (χ3v) is 3.21. The Balaban J connectivity index is 1.91. The van der Waals surface area contributed by atoms with Crippen molar-refractivity contribution in [1.29, 1.82) is 0 Å². The summed E-state index contributed by atoms with van der Waals surface area (Å²) in [5.41, 5.74) is 0. The molecule has 5 nitrogen and oxygen atoms in total. The van der Waals surface area contributed by atoms with Crippen molar-refractivity contribution in [3.05, 3.63) is 36.4 Å². The second kappa shape index (κ2) is 4.71. The van der Waals surface area contributed by atoms with Crippen molar-refractivity contribution in [3.8, 4) is 0 Å². The fourth-order valence-electron chi connectivity index (χ4n) is 2.41. The third-order valence-electron chi connectivity index (χ3n) is 3.21. The number of hydrogen-bond donors (Lipinski definition) is 2. The van der Waals surface area contributed by atoms with Crippen molar-refractivity contribution in [1.82, 2.24) is 19.9 Å². The molecule has 1 aliphatic rings. The minimum Gasteiger partial charge on any atom is -0.377 e. The van der Waals surface area contributed by atoms with Gasteiger partial charge in [-0.05, 0) is 19.3 Å². The van der Waals surface area contributed by atoms with Crippen LogP contribution in [-0.4, -0.2) is 32.6 Å². The van der Waals surface area contributed by atoms with E-state index in [9.17, 15) is 0 Å². The van der Waals surface area contributed by atoms with E-state index < -0.39 is 0 Å². The Hall–Kier alpha value is -1.62. The molecule has 2 N–H and O–H groups in total. The van der Waals surface area contributed by atoms with Gasteiger partial charge < -0.3 is 14.7 Å². The molecule has 1 atom stereocenters. The molecule has 90 valence electrons. The zero-order chi connectivity index (χ0) is 11.5. The topological polar surface area (TPSA) is 66.6 Å². The van der Waals surface area contributed by atoms with E-state index in [0.29, 0.717) is 0 Å². The van der Waals surface area contributed by atoms with E-state index in [0.717, 1.165) is 31.1 Å². The molecule has 0 aromatic carbocycles. The van der Waals surface area contributed by atoms with Crippen molar-refractivity contribution < 1.29 is 4.74 Å². The first-order valence-corrected chi connectivity index (χ1v) is 6.05. The highest BCUT2D eigenvalue weighted by molar-refractivity contribution is 5.14. The van der Waals surface area contributed by atoms with Crippen LogP contribution in [0.2, 0.25) is 0 Å². The SMILES string of the molecule is c1c[nH]c(C(c2ncc[nH]2)C2CCCCO2)n1. The first-order valence-electron chi connectivity index (χ1n) is 6.05. The third kappa shape index (κ3) is 2.10. The molecule has 0 saturated carbocycles. The van der Waals surface area contributed by atoms with Crippen molar-refractivity contribution in [2.45, 2.75) is 31.3 Å². The quantitative estimate of drug-likeness (QED) is 0.848. The Labute approximate surface area is 99.6 Å². The molecule has 3 heterocycles. The fourth-order valence-corrected chi connectivity index (χ4v) is 2.41. The normalized spacial score (nSPS) is 20.9. The maximum atomic E-state index is 5.87. The zero-order valence-corrected chi connectivity index (χ0v) is 9.60. The molecule has 0 bridgehead atoms. The van der Waals surface area contributed by atoms with Gasteiger partial charge in [0.15, 0.2) is 0 Å². The van der Waals surface area contributed by atoms with Gasteiger partial charge in [0, 0.05) is 31.4 Å². The first kappa shape index (κ1) is 10.5. The summed E-state index contributed by atoms with van der Waals surface area (Å²) < 4.78 is 5.87. The molecule has 1 aliphatic heterocycles. The highest BCUT2D eigenvalue weighted by Crippen LogP contribution is 2.30. The minimum atomic E-state index is 0.0836. The number of ether oxygens (including phenoxy) is 1. The summed E-state index contributed by atoms with van der Waals surface area (Å²) in [7, 11) is 0. The van der Waals surface area contributed by atoms with Gasteiger partial charge in [-0.2, -0.15) is 0 Å². The van der Waals surface area contributed by atoms with Gasteiger partial charge in [0.2, 0.25) is 0 Å². The molecule has 2 aromatic rings. The number of aromatic amines is 2. The van der Waals surface area contributed by atoms with Gasteiger partial charge in [-0.15, -0.1) is 0 Å². The summed E-state index contributed by atoms with van der Waals surface area (Å²) in [6, 6.07) is 0. The van der Waals surface area contributed by atoms with Crippen LogP contribution in [-0.2, 0) is 4.74 Å². The molecule has 1 unspecified atom stereocenters. The van der Waals surface area contributed by atoms with Gasteiger partial charge in [0.05, 0.1) is 6.10 Å². The van der Waals surface area contributed by atoms with Crippen LogP contribution in [0, 0.1) is 0 Å². The maximum Gasteiger partial charge on any atom is 0.119 e. The smallest absolute Gasteiger partial charge is 0.119 e. The highest BCUT2D eigenvalue weighted by atomic mass is 16.5. The van der Waals surface area contributed by atoms with Crippen LogP contribution in [0.3, 0.4) is 0 Å². The predicted molar refractivity (Wildman–Crippen MR) is 62.6 cm³/mol. The van der Waals surface area contributed by atoms with Crippen LogP contribution in [0.4, 0.5) is 0 Å². The molecular formula is C12H16N4O. The van der Waals surface area contributed by atoms with Crippen molar-refractivity contribution in [2.24, 2.45) is 0 Å². The number of nitrogens with zero attached hydrogens (tertiary/aromatic N) is 2. The molecule has 3 rings (SSSR count). The summed E-state index contributed by atoms with van der Waals surface area (Å²) in [4.78, 5) is 15.0. The van der Waals surface area contributed by atoms with E-state index in [1.165, 1.54) is 6.42 Å². The summed E-state index contributed by atoms with van der Waals surface area (Å²) >= 11 is 0. The van der Waals surface area contributed by atoms with Gasteiger partial charge in [0.25, 0.3) is 0 Å². The Kier molecular flexibility index (Phi) is 2.92. The van der Waals surface area contributed by atoms with Crippen LogP contribution in [0.15, 0.2) is 24.8 Å². The molecule has 1 fully saturated rings. The number of hydrogen-bond acceptors (Lipinski definition) is 3. The largest absolute Gasteiger partial charge is 0.377 e. The maximum absolute atomic E-state index is 5.87. The molecule has 5 heteroatoms. The summed E-state index contributed by atoms with van der Waals surface area (Å²) in [6.07, 6.45) is 10.8. The molecule has 2 aromatic heterocycles. The standard InChI is InChI=1S/C12H16N4O/c1-2-8-17-9(3-1)10(11-13-4-5-14-11)12-15-6-7-16-12/h4-7,9-10H,1-3,8H2,(H,13,14)(H,15,16). The van der Waals surface area contributed by atoms with Gasteiger partial charge in [-0.3, -0.25) is 0 Å². The molecule has 0 radical (unpaired) electrons. The van der Waals surface area contributed by atoms with Crippen molar-refractivity contribution in [3.63, 3.8) is 0 Å². The van der Waals surface area contributed by atoms with E-state index in [1.54, 1.807) is 12.4 Å². The summed E-state index contributed by atoms with van der Waals surface area (Å²) in [5.74, 6) is 1.93. The van der Waals surface area contributed by atoms with Crippen LogP contribution in [0.25, 0.3) is 0 Å². The predicted octanol–water partition coefficient (Wildman–Crippen LogP) is 1.83. The first-order chi connectivity index (χ1) is 8.45. The molecule has 0 aliphatic carbocycles.